The molecule has 10 nitrogen and oxygen atoms in total. The standard InChI is InChI=1S/C18H19F4N7O3/c1-8(2)24-17(30)32-10-7-31-15(14(10)19)9-5-12(28-27-9)26-16-25-11(18(20,21)22)6-13-23-3-4-29(13)16/h3-6,8,10,14-15H,7H2,1-2H3,(H,24,30)(H2,25,26,27,28)/t10-,14-,15-/m0/s1. The molecule has 3 aromatic rings. The maximum atomic E-state index is 14.8. The fourth-order valence-electron chi connectivity index (χ4n) is 3.16. The molecular weight excluding hydrogens is 438 g/mol. The summed E-state index contributed by atoms with van der Waals surface area (Å²) in [6, 6.07) is 2.02. The number of H-pyrrole nitrogens is 1. The van der Waals surface area contributed by atoms with Gasteiger partial charge in [-0.3, -0.25) is 9.50 Å². The number of carbonyl (C=O) groups excluding carboxylic acids is 1. The molecule has 3 N–H and O–H groups in total. The highest BCUT2D eigenvalue weighted by Crippen LogP contribution is 2.34. The summed E-state index contributed by atoms with van der Waals surface area (Å²) in [6.45, 7) is 3.31. The number of fused-ring (bicyclic) bond motifs is 1. The van der Waals surface area contributed by atoms with Crippen molar-refractivity contribution in [1.82, 2.24) is 29.9 Å². The molecule has 4 heterocycles. The van der Waals surface area contributed by atoms with E-state index in [1.165, 1.54) is 22.9 Å². The van der Waals surface area contributed by atoms with Gasteiger partial charge in [0.2, 0.25) is 5.95 Å². The highest BCUT2D eigenvalue weighted by atomic mass is 19.4. The van der Waals surface area contributed by atoms with Crippen molar-refractivity contribution < 1.29 is 31.8 Å². The van der Waals surface area contributed by atoms with Crippen LogP contribution in [-0.4, -0.2) is 55.6 Å². The normalized spacial score (nSPS) is 21.3. The molecule has 0 spiro atoms. The molecule has 4 rings (SSSR count). The third kappa shape index (κ3) is 4.44. The third-order valence-corrected chi connectivity index (χ3v) is 4.57. The molecule has 3 aromatic heterocycles. The van der Waals surface area contributed by atoms with Crippen molar-refractivity contribution in [3.63, 3.8) is 0 Å². The topological polar surface area (TPSA) is 118 Å². The summed E-state index contributed by atoms with van der Waals surface area (Å²) < 4.78 is 66.0. The maximum Gasteiger partial charge on any atom is 0.433 e. The van der Waals surface area contributed by atoms with Crippen LogP contribution < -0.4 is 10.6 Å². The van der Waals surface area contributed by atoms with Gasteiger partial charge < -0.3 is 20.1 Å². The molecule has 3 atom stereocenters. The minimum absolute atomic E-state index is 0.0354. The Morgan fingerprint density at radius 1 is 1.38 bits per heavy atom. The average Bonchev–Trinajstić information content (AvgIpc) is 3.41. The van der Waals surface area contributed by atoms with Crippen LogP contribution in [0.25, 0.3) is 5.65 Å². The Morgan fingerprint density at radius 2 is 2.16 bits per heavy atom. The fraction of sp³-hybridized carbons (Fsp3) is 0.444. The largest absolute Gasteiger partial charge is 0.441 e. The number of imidazole rings is 1. The number of alkyl halides is 4. The van der Waals surface area contributed by atoms with Gasteiger partial charge in [0.25, 0.3) is 0 Å². The maximum absolute atomic E-state index is 14.8. The van der Waals surface area contributed by atoms with E-state index in [4.69, 9.17) is 9.47 Å². The van der Waals surface area contributed by atoms with Gasteiger partial charge in [0.05, 0.1) is 12.3 Å². The Labute approximate surface area is 178 Å². The molecule has 0 saturated carbocycles. The number of rotatable bonds is 5. The van der Waals surface area contributed by atoms with Crippen molar-refractivity contribution >= 4 is 23.5 Å². The van der Waals surface area contributed by atoms with E-state index in [0.29, 0.717) is 0 Å². The average molecular weight is 457 g/mol. The van der Waals surface area contributed by atoms with Crippen molar-refractivity contribution in [2.75, 3.05) is 11.9 Å². The predicted molar refractivity (Wildman–Crippen MR) is 102 cm³/mol. The summed E-state index contributed by atoms with van der Waals surface area (Å²) in [7, 11) is 0. The lowest BCUT2D eigenvalue weighted by Gasteiger charge is -2.16. The number of alkyl carbamates (subject to hydrolysis) is 1. The minimum atomic E-state index is -4.67. The number of aromatic nitrogens is 5. The van der Waals surface area contributed by atoms with Crippen molar-refractivity contribution in [2.45, 2.75) is 44.4 Å². The molecule has 1 saturated heterocycles. The highest BCUT2D eigenvalue weighted by molar-refractivity contribution is 5.67. The van der Waals surface area contributed by atoms with E-state index >= 15 is 0 Å². The van der Waals surface area contributed by atoms with E-state index in [2.05, 4.69) is 30.8 Å². The van der Waals surface area contributed by atoms with Gasteiger partial charge in [-0.25, -0.2) is 19.2 Å². The molecule has 0 radical (unpaired) electrons. The van der Waals surface area contributed by atoms with Crippen LogP contribution in [0.3, 0.4) is 0 Å². The van der Waals surface area contributed by atoms with Crippen LogP contribution in [0, 0.1) is 0 Å². The number of amides is 1. The van der Waals surface area contributed by atoms with E-state index in [0.717, 1.165) is 6.07 Å². The van der Waals surface area contributed by atoms with E-state index < -0.39 is 36.3 Å². The predicted octanol–water partition coefficient (Wildman–Crippen LogP) is 3.13. The number of halogens is 4. The van der Waals surface area contributed by atoms with Crippen LogP contribution >= 0.6 is 0 Å². The monoisotopic (exact) mass is 457 g/mol. The van der Waals surface area contributed by atoms with Gasteiger partial charge in [0.15, 0.2) is 23.8 Å². The number of carbonyl (C=O) groups is 1. The molecule has 0 unspecified atom stereocenters. The molecule has 0 bridgehead atoms. The molecule has 0 aliphatic carbocycles. The molecular formula is C18H19F4N7O3. The lowest BCUT2D eigenvalue weighted by Crippen LogP contribution is -2.36. The molecule has 1 amide bonds. The summed E-state index contributed by atoms with van der Waals surface area (Å²) in [6.07, 6.45) is -6.56. The second-order valence-electron chi connectivity index (χ2n) is 7.39. The van der Waals surface area contributed by atoms with E-state index in [-0.39, 0.29) is 35.8 Å². The van der Waals surface area contributed by atoms with Crippen molar-refractivity contribution in [3.8, 4) is 0 Å². The summed E-state index contributed by atoms with van der Waals surface area (Å²) in [5.41, 5.74) is -0.880. The van der Waals surface area contributed by atoms with E-state index in [9.17, 15) is 22.4 Å². The van der Waals surface area contributed by atoms with Crippen molar-refractivity contribution in [2.24, 2.45) is 0 Å². The molecule has 0 aromatic carbocycles. The zero-order chi connectivity index (χ0) is 23.0. The molecule has 1 fully saturated rings. The van der Waals surface area contributed by atoms with Crippen LogP contribution in [0.5, 0.6) is 0 Å². The molecule has 14 heteroatoms. The highest BCUT2D eigenvalue weighted by Gasteiger charge is 2.42. The van der Waals surface area contributed by atoms with E-state index in [1.807, 2.05) is 0 Å². The molecule has 1 aliphatic rings. The van der Waals surface area contributed by atoms with Crippen molar-refractivity contribution in [1.29, 1.82) is 0 Å². The third-order valence-electron chi connectivity index (χ3n) is 4.57. The van der Waals surface area contributed by atoms with E-state index in [1.54, 1.807) is 13.8 Å². The Kier molecular flexibility index (Phi) is 5.62. The van der Waals surface area contributed by atoms with Crippen LogP contribution in [0.4, 0.5) is 34.1 Å². The molecule has 32 heavy (non-hydrogen) atoms. The lowest BCUT2D eigenvalue weighted by molar-refractivity contribution is -0.141. The van der Waals surface area contributed by atoms with Gasteiger partial charge in [0, 0.05) is 30.6 Å². The first-order valence-electron chi connectivity index (χ1n) is 9.58. The zero-order valence-corrected chi connectivity index (χ0v) is 16.9. The summed E-state index contributed by atoms with van der Waals surface area (Å²) >= 11 is 0. The number of hydrogen-bond donors (Lipinski definition) is 3. The molecule has 172 valence electrons. The second-order valence-corrected chi connectivity index (χ2v) is 7.39. The van der Waals surface area contributed by atoms with Crippen LogP contribution in [0.2, 0.25) is 0 Å². The van der Waals surface area contributed by atoms with Gasteiger partial charge >= 0.3 is 12.3 Å². The van der Waals surface area contributed by atoms with Gasteiger partial charge in [-0.05, 0) is 13.8 Å². The van der Waals surface area contributed by atoms with Crippen LogP contribution in [-0.2, 0) is 15.7 Å². The summed E-state index contributed by atoms with van der Waals surface area (Å²) in [5, 5.41) is 11.7. The first-order valence-corrected chi connectivity index (χ1v) is 9.58. The first kappa shape index (κ1) is 21.8. The minimum Gasteiger partial charge on any atom is -0.441 e. The Balaban J connectivity index is 1.49. The first-order chi connectivity index (χ1) is 15.1. The van der Waals surface area contributed by atoms with Gasteiger partial charge in [-0.1, -0.05) is 0 Å². The van der Waals surface area contributed by atoms with Crippen LogP contribution in [0.15, 0.2) is 24.5 Å². The van der Waals surface area contributed by atoms with Gasteiger partial charge in [-0.2, -0.15) is 18.3 Å². The Bertz CT molecular complexity index is 1110. The lowest BCUT2D eigenvalue weighted by atomic mass is 10.1. The zero-order valence-electron chi connectivity index (χ0n) is 16.9. The number of hydrogen-bond acceptors (Lipinski definition) is 7. The second kappa shape index (κ2) is 8.26. The van der Waals surface area contributed by atoms with Gasteiger partial charge in [-0.15, -0.1) is 0 Å². The molecule has 1 aliphatic heterocycles. The summed E-state index contributed by atoms with van der Waals surface area (Å²) in [4.78, 5) is 19.2. The van der Waals surface area contributed by atoms with Crippen molar-refractivity contribution in [3.05, 3.63) is 35.9 Å². The number of aromatic amines is 1. The number of nitrogens with one attached hydrogen (secondary N) is 3. The number of nitrogens with zero attached hydrogens (tertiary/aromatic N) is 4. The Hall–Kier alpha value is -3.42. The number of ether oxygens (including phenoxy) is 2. The fourth-order valence-corrected chi connectivity index (χ4v) is 3.16. The van der Waals surface area contributed by atoms with Gasteiger partial charge in [0.1, 0.15) is 11.8 Å². The number of anilines is 2. The van der Waals surface area contributed by atoms with Crippen LogP contribution in [0.1, 0.15) is 31.3 Å². The Morgan fingerprint density at radius 3 is 2.88 bits per heavy atom. The SMILES string of the molecule is CC(C)NC(=O)O[C@H]1CO[C@@H](c2cc(Nc3nc(C(F)(F)F)cc4nccn34)n[nH]2)[C@H]1F. The smallest absolute Gasteiger partial charge is 0.433 e. The quantitative estimate of drug-likeness (QED) is 0.504. The summed E-state index contributed by atoms with van der Waals surface area (Å²) in [5.74, 6) is -0.0966.